The van der Waals surface area contributed by atoms with Gasteiger partial charge in [0.25, 0.3) is 5.91 Å². The normalized spacial score (nSPS) is 18.9. The molecule has 7 heteroatoms. The minimum atomic E-state index is -0.314. The van der Waals surface area contributed by atoms with Crippen LogP contribution in [0.3, 0.4) is 0 Å². The average molecular weight is 403 g/mol. The second kappa shape index (κ2) is 8.38. The third-order valence-corrected chi connectivity index (χ3v) is 5.77. The molecule has 1 atom stereocenters. The van der Waals surface area contributed by atoms with Crippen LogP contribution in [-0.2, 0) is 29.0 Å². The van der Waals surface area contributed by atoms with Crippen molar-refractivity contribution in [3.63, 3.8) is 0 Å². The Balaban J connectivity index is 1.28. The maximum atomic E-state index is 12.4. The summed E-state index contributed by atoms with van der Waals surface area (Å²) in [7, 11) is 0. The van der Waals surface area contributed by atoms with Crippen LogP contribution in [0.4, 0.5) is 5.69 Å². The number of nitrogens with zero attached hydrogens (tertiary/aromatic N) is 4. The fourth-order valence-corrected chi connectivity index (χ4v) is 4.22. The van der Waals surface area contributed by atoms with E-state index in [1.807, 2.05) is 29.0 Å². The summed E-state index contributed by atoms with van der Waals surface area (Å²) in [6, 6.07) is 12.2. The van der Waals surface area contributed by atoms with Crippen LogP contribution in [0.1, 0.15) is 29.7 Å². The Morgan fingerprint density at radius 1 is 1.17 bits per heavy atom. The van der Waals surface area contributed by atoms with Crippen molar-refractivity contribution in [2.75, 3.05) is 18.5 Å². The van der Waals surface area contributed by atoms with Crippen molar-refractivity contribution in [1.82, 2.24) is 19.4 Å². The smallest absolute Gasteiger partial charge is 0.253 e. The van der Waals surface area contributed by atoms with Crippen LogP contribution in [0.5, 0.6) is 0 Å². The molecule has 1 fully saturated rings. The molecule has 2 aliphatic rings. The van der Waals surface area contributed by atoms with Crippen LogP contribution >= 0.6 is 0 Å². The third kappa shape index (κ3) is 3.99. The van der Waals surface area contributed by atoms with Gasteiger partial charge in [-0.15, -0.1) is 0 Å². The standard InChI is InChI=1S/C23H25N5O2/c29-22(21-5-2-13-30-21)26-19-7-6-17-8-12-27(15-18(17)14-19)16-20-4-1-11-28(20)23-24-9-3-10-25-23/h1,3-4,6-7,9-11,14,21H,2,5,8,12-13,15-16H2,(H,26,29). The summed E-state index contributed by atoms with van der Waals surface area (Å²) in [6.07, 6.45) is 7.96. The summed E-state index contributed by atoms with van der Waals surface area (Å²) in [4.78, 5) is 23.5. The molecule has 1 saturated heterocycles. The molecule has 0 spiro atoms. The van der Waals surface area contributed by atoms with E-state index in [0.29, 0.717) is 12.6 Å². The van der Waals surface area contributed by atoms with Crippen molar-refractivity contribution in [1.29, 1.82) is 0 Å². The van der Waals surface area contributed by atoms with E-state index in [-0.39, 0.29) is 12.0 Å². The summed E-state index contributed by atoms with van der Waals surface area (Å²) in [5.41, 5.74) is 4.62. The highest BCUT2D eigenvalue weighted by Crippen LogP contribution is 2.25. The van der Waals surface area contributed by atoms with Crippen molar-refractivity contribution in [2.24, 2.45) is 0 Å². The molecule has 2 aromatic heterocycles. The first kappa shape index (κ1) is 19.0. The zero-order chi connectivity index (χ0) is 20.3. The number of aromatic nitrogens is 3. The third-order valence-electron chi connectivity index (χ3n) is 5.77. The molecule has 2 aliphatic heterocycles. The summed E-state index contributed by atoms with van der Waals surface area (Å²) < 4.78 is 7.53. The number of nitrogens with one attached hydrogen (secondary N) is 1. The van der Waals surface area contributed by atoms with E-state index in [1.54, 1.807) is 12.4 Å². The highest BCUT2D eigenvalue weighted by Gasteiger charge is 2.24. The summed E-state index contributed by atoms with van der Waals surface area (Å²) in [5.74, 6) is 0.648. The SMILES string of the molecule is O=C(Nc1ccc2c(c1)CN(Cc1cccn1-c1ncccn1)CC2)C1CCCO1. The molecule has 5 rings (SSSR count). The lowest BCUT2D eigenvalue weighted by Gasteiger charge is -2.29. The number of amides is 1. The quantitative estimate of drug-likeness (QED) is 0.709. The fraction of sp³-hybridized carbons (Fsp3) is 0.348. The molecule has 7 nitrogen and oxygen atoms in total. The number of benzene rings is 1. The van der Waals surface area contributed by atoms with Crippen LogP contribution in [0.15, 0.2) is 55.0 Å². The number of carbonyl (C=O) groups excluding carboxylic acids is 1. The number of fused-ring (bicyclic) bond motifs is 1. The first-order valence-corrected chi connectivity index (χ1v) is 10.5. The van der Waals surface area contributed by atoms with Gasteiger partial charge in [0.2, 0.25) is 5.95 Å². The first-order valence-electron chi connectivity index (χ1n) is 10.5. The minimum absolute atomic E-state index is 0.0409. The van der Waals surface area contributed by atoms with Crippen LogP contribution < -0.4 is 5.32 Å². The van der Waals surface area contributed by atoms with Crippen molar-refractivity contribution >= 4 is 11.6 Å². The van der Waals surface area contributed by atoms with Crippen molar-refractivity contribution in [2.45, 2.75) is 38.5 Å². The van der Waals surface area contributed by atoms with Gasteiger partial charge in [-0.3, -0.25) is 14.3 Å². The van der Waals surface area contributed by atoms with E-state index in [9.17, 15) is 4.79 Å². The second-order valence-electron chi connectivity index (χ2n) is 7.85. The molecule has 30 heavy (non-hydrogen) atoms. The molecular weight excluding hydrogens is 378 g/mol. The van der Waals surface area contributed by atoms with Gasteiger partial charge in [-0.25, -0.2) is 9.97 Å². The minimum Gasteiger partial charge on any atom is -0.368 e. The Morgan fingerprint density at radius 2 is 2.07 bits per heavy atom. The van der Waals surface area contributed by atoms with Gasteiger partial charge in [0.05, 0.1) is 0 Å². The number of carbonyl (C=O) groups is 1. The molecule has 1 N–H and O–H groups in total. The van der Waals surface area contributed by atoms with E-state index in [0.717, 1.165) is 50.3 Å². The zero-order valence-electron chi connectivity index (χ0n) is 16.8. The topological polar surface area (TPSA) is 72.3 Å². The summed E-state index contributed by atoms with van der Waals surface area (Å²) in [6.45, 7) is 3.33. The lowest BCUT2D eigenvalue weighted by molar-refractivity contribution is -0.124. The molecule has 0 saturated carbocycles. The number of hydrogen-bond acceptors (Lipinski definition) is 5. The Bertz CT molecular complexity index is 1030. The van der Waals surface area contributed by atoms with Crippen molar-refractivity contribution < 1.29 is 9.53 Å². The number of anilines is 1. The van der Waals surface area contributed by atoms with Crippen LogP contribution in [0, 0.1) is 0 Å². The predicted octanol–water partition coefficient (Wildman–Crippen LogP) is 2.94. The van der Waals surface area contributed by atoms with Crippen molar-refractivity contribution in [3.05, 3.63) is 71.8 Å². The van der Waals surface area contributed by atoms with E-state index >= 15 is 0 Å². The van der Waals surface area contributed by atoms with Crippen LogP contribution in [0.2, 0.25) is 0 Å². The lowest BCUT2D eigenvalue weighted by atomic mass is 9.99. The van der Waals surface area contributed by atoms with Gasteiger partial charge in [-0.1, -0.05) is 6.07 Å². The number of rotatable bonds is 5. The summed E-state index contributed by atoms with van der Waals surface area (Å²) in [5, 5.41) is 3.02. The van der Waals surface area contributed by atoms with Gasteiger partial charge in [-0.2, -0.15) is 0 Å². The van der Waals surface area contributed by atoms with Gasteiger partial charge < -0.3 is 10.1 Å². The maximum absolute atomic E-state index is 12.4. The Labute approximate surface area is 175 Å². The van der Waals surface area contributed by atoms with E-state index in [4.69, 9.17) is 4.74 Å². The van der Waals surface area contributed by atoms with Crippen LogP contribution in [0.25, 0.3) is 5.95 Å². The molecule has 1 unspecified atom stereocenters. The Morgan fingerprint density at radius 3 is 2.90 bits per heavy atom. The molecule has 0 radical (unpaired) electrons. The highest BCUT2D eigenvalue weighted by atomic mass is 16.5. The Hall–Kier alpha value is -3.03. The first-order chi connectivity index (χ1) is 14.8. The highest BCUT2D eigenvalue weighted by molar-refractivity contribution is 5.94. The van der Waals surface area contributed by atoms with Gasteiger partial charge in [0, 0.05) is 56.2 Å². The van der Waals surface area contributed by atoms with Gasteiger partial charge in [0.1, 0.15) is 6.10 Å². The van der Waals surface area contributed by atoms with Gasteiger partial charge >= 0.3 is 0 Å². The van der Waals surface area contributed by atoms with Crippen molar-refractivity contribution in [3.8, 4) is 5.95 Å². The molecular formula is C23H25N5O2. The van der Waals surface area contributed by atoms with E-state index in [1.165, 1.54) is 11.1 Å². The molecule has 4 heterocycles. The number of hydrogen-bond donors (Lipinski definition) is 1. The molecule has 3 aromatic rings. The van der Waals surface area contributed by atoms with E-state index in [2.05, 4.69) is 38.4 Å². The molecule has 154 valence electrons. The molecule has 0 aliphatic carbocycles. The number of ether oxygens (including phenoxy) is 1. The molecule has 1 aromatic carbocycles. The zero-order valence-corrected chi connectivity index (χ0v) is 16.8. The Kier molecular flexibility index (Phi) is 5.29. The largest absolute Gasteiger partial charge is 0.368 e. The van der Waals surface area contributed by atoms with Gasteiger partial charge in [-0.05, 0) is 60.7 Å². The maximum Gasteiger partial charge on any atom is 0.253 e. The lowest BCUT2D eigenvalue weighted by Crippen LogP contribution is -2.31. The van der Waals surface area contributed by atoms with E-state index < -0.39 is 0 Å². The molecule has 1 amide bonds. The second-order valence-corrected chi connectivity index (χ2v) is 7.85. The fourth-order valence-electron chi connectivity index (χ4n) is 4.22. The predicted molar refractivity (Wildman–Crippen MR) is 113 cm³/mol. The average Bonchev–Trinajstić information content (AvgIpc) is 3.47. The molecule has 0 bridgehead atoms. The monoisotopic (exact) mass is 403 g/mol. The van der Waals surface area contributed by atoms with Crippen LogP contribution in [-0.4, -0.2) is 44.6 Å². The summed E-state index contributed by atoms with van der Waals surface area (Å²) >= 11 is 0. The van der Waals surface area contributed by atoms with Gasteiger partial charge in [0.15, 0.2) is 0 Å².